The molecule has 0 amide bonds. The largest absolute Gasteiger partial charge is 0.454 e. The molecule has 0 bridgehead atoms. The van der Waals surface area contributed by atoms with E-state index in [0.717, 1.165) is 9.36 Å². The van der Waals surface area contributed by atoms with Crippen LogP contribution in [0.2, 0.25) is 0 Å². The summed E-state index contributed by atoms with van der Waals surface area (Å²) in [5.74, 6) is -0.712. The second kappa shape index (κ2) is 13.2. The molecule has 50 heavy (non-hydrogen) atoms. The maximum Gasteiger partial charge on any atom is 0.453 e. The van der Waals surface area contributed by atoms with Gasteiger partial charge >= 0.3 is 12.4 Å². The van der Waals surface area contributed by atoms with Gasteiger partial charge in [-0.3, -0.25) is 9.80 Å². The number of fused-ring (bicyclic) bond motifs is 2. The van der Waals surface area contributed by atoms with Gasteiger partial charge in [-0.25, -0.2) is 9.36 Å². The standard InChI is InChI=1S/C28H24F6N10O4S2/c29-27(30,31)23-37-41(25(49)43(23)35-11-17-1-3-19-21(9-17)47-15-45-19)13-39-5-7-40(8-6-39)14-42-26(50)44(24(38-42)28(32,33)34)36-12-18-2-4-20-22(10-18)48-16-46-20/h1-4,9-12H,5-8,13-16H2/b35-11-,36-12+. The minimum Gasteiger partial charge on any atom is -0.454 e. The molecule has 0 unspecified atom stereocenters. The van der Waals surface area contributed by atoms with Gasteiger partial charge in [-0.1, -0.05) is 0 Å². The fraction of sp³-hybridized carbons (Fsp3) is 0.357. The van der Waals surface area contributed by atoms with Crippen molar-refractivity contribution in [2.45, 2.75) is 25.7 Å². The maximum atomic E-state index is 13.9. The summed E-state index contributed by atoms with van der Waals surface area (Å²) >= 11 is 10.6. The molecule has 0 N–H and O–H groups in total. The van der Waals surface area contributed by atoms with Gasteiger partial charge in [0, 0.05) is 26.2 Å². The molecule has 14 nitrogen and oxygen atoms in total. The van der Waals surface area contributed by atoms with Crippen LogP contribution in [0.3, 0.4) is 0 Å². The number of hydrogen-bond acceptors (Lipinski definition) is 12. The first-order valence-electron chi connectivity index (χ1n) is 14.7. The monoisotopic (exact) mass is 742 g/mol. The second-order valence-corrected chi connectivity index (χ2v) is 11.8. The summed E-state index contributed by atoms with van der Waals surface area (Å²) in [6.07, 6.45) is -7.29. The Morgan fingerprint density at radius 1 is 0.620 bits per heavy atom. The van der Waals surface area contributed by atoms with Gasteiger partial charge in [0.1, 0.15) is 0 Å². The van der Waals surface area contributed by atoms with E-state index in [0.29, 0.717) is 69.7 Å². The Hall–Kier alpha value is -4.80. The third kappa shape index (κ3) is 6.95. The predicted molar refractivity (Wildman–Crippen MR) is 166 cm³/mol. The highest BCUT2D eigenvalue weighted by molar-refractivity contribution is 7.71. The first-order valence-corrected chi connectivity index (χ1v) is 15.5. The normalized spacial score (nSPS) is 16.8. The van der Waals surface area contributed by atoms with Gasteiger partial charge in [0.15, 0.2) is 23.0 Å². The molecule has 22 heteroatoms. The highest BCUT2D eigenvalue weighted by Gasteiger charge is 2.40. The summed E-state index contributed by atoms with van der Waals surface area (Å²) in [7, 11) is 0. The lowest BCUT2D eigenvalue weighted by atomic mass is 10.2. The number of benzene rings is 2. The number of alkyl halides is 6. The van der Waals surface area contributed by atoms with Crippen LogP contribution in [-0.2, 0) is 25.7 Å². The number of piperazine rings is 1. The third-order valence-corrected chi connectivity index (χ3v) is 8.48. The molecule has 2 aromatic carbocycles. The van der Waals surface area contributed by atoms with Crippen LogP contribution in [0.4, 0.5) is 26.3 Å². The zero-order valence-corrected chi connectivity index (χ0v) is 27.1. The Bertz CT molecular complexity index is 1950. The number of rotatable bonds is 8. The average Bonchev–Trinajstić information content (AvgIpc) is 3.86. The first-order chi connectivity index (χ1) is 23.8. The van der Waals surface area contributed by atoms with Crippen molar-refractivity contribution in [3.63, 3.8) is 0 Å². The summed E-state index contributed by atoms with van der Waals surface area (Å²) in [6.45, 7) is 1.25. The van der Waals surface area contributed by atoms with E-state index in [-0.39, 0.29) is 36.5 Å². The lowest BCUT2D eigenvalue weighted by Gasteiger charge is -2.34. The van der Waals surface area contributed by atoms with E-state index in [9.17, 15) is 26.3 Å². The number of nitrogens with zero attached hydrogens (tertiary/aromatic N) is 10. The summed E-state index contributed by atoms with van der Waals surface area (Å²) in [5.41, 5.74) is 0.911. The van der Waals surface area contributed by atoms with E-state index < -0.39 is 24.0 Å². The van der Waals surface area contributed by atoms with Crippen molar-refractivity contribution in [3.05, 3.63) is 68.7 Å². The Morgan fingerprint density at radius 3 is 1.38 bits per heavy atom. The Morgan fingerprint density at radius 2 is 1.00 bits per heavy atom. The molecule has 0 radical (unpaired) electrons. The molecular formula is C28H24F6N10O4S2. The molecule has 0 aliphatic carbocycles. The van der Waals surface area contributed by atoms with Crippen LogP contribution in [0.15, 0.2) is 46.6 Å². The molecule has 7 rings (SSSR count). The molecule has 3 aliphatic rings. The van der Waals surface area contributed by atoms with Crippen molar-refractivity contribution >= 4 is 36.9 Å². The van der Waals surface area contributed by atoms with Gasteiger partial charge < -0.3 is 18.9 Å². The topological polar surface area (TPSA) is 114 Å². The summed E-state index contributed by atoms with van der Waals surface area (Å²) in [5, 5.41) is 15.3. The Labute approximate surface area is 287 Å². The molecule has 3 aliphatic heterocycles. The first kappa shape index (κ1) is 33.7. The van der Waals surface area contributed by atoms with Gasteiger partial charge in [-0.15, -0.1) is 10.2 Å². The molecule has 5 heterocycles. The van der Waals surface area contributed by atoms with Crippen LogP contribution in [0.5, 0.6) is 23.0 Å². The molecule has 1 saturated heterocycles. The van der Waals surface area contributed by atoms with E-state index in [1.807, 2.05) is 0 Å². The second-order valence-electron chi connectivity index (χ2n) is 11.1. The minimum atomic E-state index is -4.85. The molecule has 2 aromatic heterocycles. The number of halogens is 6. The van der Waals surface area contributed by atoms with Crippen LogP contribution in [0, 0.1) is 9.54 Å². The summed E-state index contributed by atoms with van der Waals surface area (Å²) < 4.78 is 107. The van der Waals surface area contributed by atoms with Gasteiger partial charge in [-0.05, 0) is 72.0 Å². The maximum absolute atomic E-state index is 13.9. The molecule has 264 valence electrons. The third-order valence-electron chi connectivity index (χ3n) is 7.71. The Balaban J connectivity index is 1.02. The van der Waals surface area contributed by atoms with Crippen LogP contribution in [0.1, 0.15) is 22.8 Å². The van der Waals surface area contributed by atoms with Crippen molar-refractivity contribution in [3.8, 4) is 23.0 Å². The van der Waals surface area contributed by atoms with E-state index in [1.54, 1.807) is 46.2 Å². The van der Waals surface area contributed by atoms with Crippen molar-refractivity contribution in [2.24, 2.45) is 10.2 Å². The van der Waals surface area contributed by atoms with Crippen molar-refractivity contribution in [1.29, 1.82) is 0 Å². The van der Waals surface area contributed by atoms with Gasteiger partial charge in [0.05, 0.1) is 25.8 Å². The zero-order chi connectivity index (χ0) is 35.2. The molecule has 0 saturated carbocycles. The molecule has 0 spiro atoms. The smallest absolute Gasteiger partial charge is 0.453 e. The van der Waals surface area contributed by atoms with E-state index >= 15 is 0 Å². The van der Waals surface area contributed by atoms with Gasteiger partial charge in [0.2, 0.25) is 23.1 Å². The van der Waals surface area contributed by atoms with E-state index in [4.69, 9.17) is 43.4 Å². The number of ether oxygens (including phenoxy) is 4. The molecular weight excluding hydrogens is 718 g/mol. The molecule has 4 aromatic rings. The summed E-state index contributed by atoms with van der Waals surface area (Å²) in [4.78, 5) is 3.61. The average molecular weight is 743 g/mol. The van der Waals surface area contributed by atoms with Crippen LogP contribution < -0.4 is 18.9 Å². The molecule has 1 fully saturated rings. The Kier molecular flexibility index (Phi) is 8.86. The lowest BCUT2D eigenvalue weighted by Crippen LogP contribution is -2.47. The highest BCUT2D eigenvalue weighted by Crippen LogP contribution is 2.34. The van der Waals surface area contributed by atoms with Crippen molar-refractivity contribution in [2.75, 3.05) is 39.8 Å². The quantitative estimate of drug-likeness (QED) is 0.144. The SMILES string of the molecule is FC(F)(F)c1nn(CN2CCN(Cn3nc(C(F)(F)F)n(/N=C/c4ccc5c(c4)OCO5)c3=S)CC2)c(=S)n1/N=C\c1ccc2c(c1)OCO2. The van der Waals surface area contributed by atoms with Crippen LogP contribution in [0.25, 0.3) is 0 Å². The number of aromatic nitrogens is 6. The molecule has 0 atom stereocenters. The van der Waals surface area contributed by atoms with E-state index in [2.05, 4.69) is 20.4 Å². The minimum absolute atomic E-state index is 0.0383. The van der Waals surface area contributed by atoms with Crippen LogP contribution in [-0.4, -0.2) is 90.9 Å². The van der Waals surface area contributed by atoms with Crippen molar-refractivity contribution < 1.29 is 45.3 Å². The fourth-order valence-corrected chi connectivity index (χ4v) is 5.70. The summed E-state index contributed by atoms with van der Waals surface area (Å²) in [6, 6.07) is 9.58. The zero-order valence-electron chi connectivity index (χ0n) is 25.5. The highest BCUT2D eigenvalue weighted by atomic mass is 32.1. The fourth-order valence-electron chi connectivity index (χ4n) is 5.23. The van der Waals surface area contributed by atoms with Crippen molar-refractivity contribution in [1.82, 2.24) is 38.7 Å². The van der Waals surface area contributed by atoms with Gasteiger partial charge in [0.25, 0.3) is 11.6 Å². The lowest BCUT2D eigenvalue weighted by molar-refractivity contribution is -0.148. The number of hydrogen-bond donors (Lipinski definition) is 0. The van der Waals surface area contributed by atoms with Crippen LogP contribution >= 0.6 is 24.4 Å². The van der Waals surface area contributed by atoms with E-state index in [1.165, 1.54) is 12.4 Å². The van der Waals surface area contributed by atoms with Gasteiger partial charge in [-0.2, -0.15) is 45.9 Å². The predicted octanol–water partition coefficient (Wildman–Crippen LogP) is 4.63.